The predicted molar refractivity (Wildman–Crippen MR) is 84.7 cm³/mol. The second kappa shape index (κ2) is 8.64. The lowest BCUT2D eigenvalue weighted by molar-refractivity contribution is -0.139. The number of nitrogens with one attached hydrogen (secondary N) is 1. The Morgan fingerprint density at radius 1 is 1.24 bits per heavy atom. The lowest BCUT2D eigenvalue weighted by atomic mass is 10.1. The third-order valence-corrected chi connectivity index (χ3v) is 3.48. The van der Waals surface area contributed by atoms with Crippen molar-refractivity contribution in [2.75, 3.05) is 25.5 Å². The molecule has 0 saturated heterocycles. The van der Waals surface area contributed by atoms with Gasteiger partial charge in [0.25, 0.3) is 0 Å². The zero-order valence-electron chi connectivity index (χ0n) is 13.0. The van der Waals surface area contributed by atoms with Crippen molar-refractivity contribution in [2.45, 2.75) is 38.3 Å². The summed E-state index contributed by atoms with van der Waals surface area (Å²) >= 11 is 0. The summed E-state index contributed by atoms with van der Waals surface area (Å²) in [6.45, 7) is 2.44. The number of rotatable bonds is 9. The van der Waals surface area contributed by atoms with Gasteiger partial charge in [-0.25, -0.2) is 0 Å². The van der Waals surface area contributed by atoms with Crippen LogP contribution >= 0.6 is 0 Å². The van der Waals surface area contributed by atoms with Crippen LogP contribution in [0.1, 0.15) is 37.9 Å². The monoisotopic (exact) mass is 294 g/mol. The van der Waals surface area contributed by atoms with Gasteiger partial charge >= 0.3 is 5.97 Å². The van der Waals surface area contributed by atoms with E-state index in [2.05, 4.69) is 5.32 Å². The van der Waals surface area contributed by atoms with Crippen LogP contribution in [0.15, 0.2) is 24.3 Å². The van der Waals surface area contributed by atoms with Crippen molar-refractivity contribution in [1.82, 2.24) is 5.32 Å². The summed E-state index contributed by atoms with van der Waals surface area (Å²) in [5.41, 5.74) is 1.93. The first-order valence-corrected chi connectivity index (χ1v) is 7.37. The van der Waals surface area contributed by atoms with Gasteiger partial charge in [0.15, 0.2) is 0 Å². The Labute approximate surface area is 126 Å². The van der Waals surface area contributed by atoms with Crippen molar-refractivity contribution in [3.05, 3.63) is 29.8 Å². The molecule has 0 saturated carbocycles. The smallest absolute Gasteiger partial charge is 0.320 e. The molecule has 0 amide bonds. The minimum absolute atomic E-state index is 0.480. The molecule has 5 heteroatoms. The van der Waals surface area contributed by atoms with Crippen molar-refractivity contribution in [3.63, 3.8) is 0 Å². The van der Waals surface area contributed by atoms with Crippen molar-refractivity contribution in [3.8, 4) is 0 Å². The van der Waals surface area contributed by atoms with Crippen LogP contribution in [-0.2, 0) is 4.79 Å². The van der Waals surface area contributed by atoms with E-state index in [0.717, 1.165) is 17.7 Å². The molecular formula is C16H26N2O3. The predicted octanol–water partition coefficient (Wildman–Crippen LogP) is 2.02. The number of carbonyl (C=O) groups is 1. The summed E-state index contributed by atoms with van der Waals surface area (Å²) in [4.78, 5) is 13.0. The van der Waals surface area contributed by atoms with Gasteiger partial charge in [-0.3, -0.25) is 4.79 Å². The molecule has 0 aliphatic rings. The van der Waals surface area contributed by atoms with Crippen LogP contribution in [-0.4, -0.2) is 42.9 Å². The van der Waals surface area contributed by atoms with E-state index < -0.39 is 18.1 Å². The molecule has 1 aromatic rings. The van der Waals surface area contributed by atoms with Crippen molar-refractivity contribution < 1.29 is 15.0 Å². The molecule has 0 bridgehead atoms. The number of benzene rings is 1. The Hall–Kier alpha value is -1.59. The Morgan fingerprint density at radius 2 is 1.86 bits per heavy atom. The van der Waals surface area contributed by atoms with Gasteiger partial charge < -0.3 is 20.4 Å². The van der Waals surface area contributed by atoms with E-state index >= 15 is 0 Å². The summed E-state index contributed by atoms with van der Waals surface area (Å²) < 4.78 is 0. The fourth-order valence-corrected chi connectivity index (χ4v) is 2.16. The summed E-state index contributed by atoms with van der Waals surface area (Å²) in [5.74, 6) is -0.832. The van der Waals surface area contributed by atoms with Crippen LogP contribution in [0.25, 0.3) is 0 Å². The molecule has 0 fully saturated rings. The normalized spacial score (nSPS) is 13.7. The average molecular weight is 294 g/mol. The van der Waals surface area contributed by atoms with E-state index in [-0.39, 0.29) is 0 Å². The van der Waals surface area contributed by atoms with Gasteiger partial charge in [0.2, 0.25) is 0 Å². The number of aliphatic hydroxyl groups excluding tert-OH is 1. The van der Waals surface area contributed by atoms with Crippen LogP contribution in [0.4, 0.5) is 5.69 Å². The standard InChI is InChI=1S/C16H26N2O3/c1-4-5-14(16(20)21)17-11-10-15(19)12-6-8-13(9-7-12)18(2)3/h6-9,14-15,17,19H,4-5,10-11H2,1-3H3,(H,20,21). The molecule has 1 aromatic carbocycles. The Balaban J connectivity index is 2.46. The quantitative estimate of drug-likeness (QED) is 0.650. The number of aliphatic hydroxyl groups is 1. The fourth-order valence-electron chi connectivity index (χ4n) is 2.16. The van der Waals surface area contributed by atoms with Gasteiger partial charge in [0.1, 0.15) is 6.04 Å². The molecule has 0 aliphatic carbocycles. The van der Waals surface area contributed by atoms with Gasteiger partial charge in [-0.05, 0) is 37.1 Å². The Bertz CT molecular complexity index is 432. The van der Waals surface area contributed by atoms with Gasteiger partial charge in [0, 0.05) is 19.8 Å². The van der Waals surface area contributed by atoms with Crippen molar-refractivity contribution in [1.29, 1.82) is 0 Å². The number of anilines is 1. The maximum absolute atomic E-state index is 11.0. The van der Waals surface area contributed by atoms with Crippen LogP contribution in [0.5, 0.6) is 0 Å². The van der Waals surface area contributed by atoms with Crippen molar-refractivity contribution >= 4 is 11.7 Å². The number of carboxylic acid groups (broad SMARTS) is 1. The summed E-state index contributed by atoms with van der Waals surface area (Å²) in [5, 5.41) is 22.2. The largest absolute Gasteiger partial charge is 0.480 e. The molecule has 0 radical (unpaired) electrons. The second-order valence-electron chi connectivity index (χ2n) is 5.42. The third kappa shape index (κ3) is 5.73. The number of hydrogen-bond acceptors (Lipinski definition) is 4. The highest BCUT2D eigenvalue weighted by molar-refractivity contribution is 5.73. The Kier molecular flexibility index (Phi) is 7.19. The molecule has 0 spiro atoms. The fraction of sp³-hybridized carbons (Fsp3) is 0.562. The lowest BCUT2D eigenvalue weighted by Gasteiger charge is -2.17. The van der Waals surface area contributed by atoms with E-state index in [0.29, 0.717) is 19.4 Å². The molecule has 5 nitrogen and oxygen atoms in total. The first-order valence-electron chi connectivity index (χ1n) is 7.37. The maximum atomic E-state index is 11.0. The van der Waals surface area contributed by atoms with Gasteiger partial charge in [-0.1, -0.05) is 25.5 Å². The molecule has 0 aromatic heterocycles. The second-order valence-corrected chi connectivity index (χ2v) is 5.42. The zero-order valence-corrected chi connectivity index (χ0v) is 13.0. The van der Waals surface area contributed by atoms with Crippen LogP contribution in [0.2, 0.25) is 0 Å². The SMILES string of the molecule is CCCC(NCCC(O)c1ccc(N(C)C)cc1)C(=O)O. The topological polar surface area (TPSA) is 72.8 Å². The molecule has 21 heavy (non-hydrogen) atoms. The summed E-state index contributed by atoms with van der Waals surface area (Å²) in [6, 6.07) is 7.20. The highest BCUT2D eigenvalue weighted by atomic mass is 16.4. The highest BCUT2D eigenvalue weighted by Crippen LogP contribution is 2.19. The van der Waals surface area contributed by atoms with Crippen LogP contribution in [0, 0.1) is 0 Å². The van der Waals surface area contributed by atoms with Gasteiger partial charge in [-0.15, -0.1) is 0 Å². The summed E-state index contributed by atoms with van der Waals surface area (Å²) in [7, 11) is 3.93. The van der Waals surface area contributed by atoms with Crippen LogP contribution in [0.3, 0.4) is 0 Å². The zero-order chi connectivity index (χ0) is 15.8. The van der Waals surface area contributed by atoms with E-state index in [1.165, 1.54) is 0 Å². The first-order chi connectivity index (χ1) is 9.95. The number of nitrogens with zero attached hydrogens (tertiary/aromatic N) is 1. The third-order valence-electron chi connectivity index (χ3n) is 3.48. The molecule has 3 N–H and O–H groups in total. The first kappa shape index (κ1) is 17.5. The molecule has 0 aliphatic heterocycles. The molecule has 0 heterocycles. The maximum Gasteiger partial charge on any atom is 0.320 e. The Morgan fingerprint density at radius 3 is 2.33 bits per heavy atom. The minimum Gasteiger partial charge on any atom is -0.480 e. The highest BCUT2D eigenvalue weighted by Gasteiger charge is 2.16. The number of hydrogen-bond donors (Lipinski definition) is 3. The molecule has 1 rings (SSSR count). The molecule has 2 unspecified atom stereocenters. The average Bonchev–Trinajstić information content (AvgIpc) is 2.46. The molecule has 118 valence electrons. The van der Waals surface area contributed by atoms with E-state index in [1.54, 1.807) is 0 Å². The lowest BCUT2D eigenvalue weighted by Crippen LogP contribution is -2.37. The molecule has 2 atom stereocenters. The van der Waals surface area contributed by atoms with E-state index in [9.17, 15) is 9.90 Å². The van der Waals surface area contributed by atoms with Gasteiger partial charge in [-0.2, -0.15) is 0 Å². The minimum atomic E-state index is -0.832. The van der Waals surface area contributed by atoms with E-state index in [4.69, 9.17) is 5.11 Å². The van der Waals surface area contributed by atoms with Crippen LogP contribution < -0.4 is 10.2 Å². The van der Waals surface area contributed by atoms with Gasteiger partial charge in [0.05, 0.1) is 6.10 Å². The number of aliphatic carboxylic acids is 1. The summed E-state index contributed by atoms with van der Waals surface area (Å²) in [6.07, 6.45) is 1.33. The molecular weight excluding hydrogens is 268 g/mol. The van der Waals surface area contributed by atoms with E-state index in [1.807, 2.05) is 50.2 Å². The number of carboxylic acids is 1. The van der Waals surface area contributed by atoms with Crippen molar-refractivity contribution in [2.24, 2.45) is 0 Å².